The summed E-state index contributed by atoms with van der Waals surface area (Å²) in [5, 5.41) is 40.9. The number of nitrogens with zero attached hydrogens (tertiary/aromatic N) is 4. The Morgan fingerprint density at radius 3 is 2.23 bits per heavy atom. The normalized spacial score (nSPS) is 23.1. The van der Waals surface area contributed by atoms with Gasteiger partial charge in [0.15, 0.2) is 11.6 Å². The Balaban J connectivity index is 0.00000652. The molecule has 91 heavy (non-hydrogen) atoms. The third-order valence-corrected chi connectivity index (χ3v) is 16.9. The minimum Gasteiger partial charge on any atom is -0.508 e. The minimum absolute atomic E-state index is 0.0276. The Morgan fingerprint density at radius 1 is 0.758 bits per heavy atom. The lowest BCUT2D eigenvalue weighted by atomic mass is 9.90. The molecular weight excluding hydrogens is 1200 g/mol. The number of urea groups is 1. The van der Waals surface area contributed by atoms with Crippen molar-refractivity contribution < 1.29 is 67.3 Å². The van der Waals surface area contributed by atoms with E-state index in [4.69, 9.17) is 19.9 Å². The highest BCUT2D eigenvalue weighted by molar-refractivity contribution is 8.00. The average Bonchev–Trinajstić information content (AvgIpc) is 1.99. The van der Waals surface area contributed by atoms with Crippen molar-refractivity contribution in [3.05, 3.63) is 95.8 Å². The molecule has 3 aliphatic rings. The lowest BCUT2D eigenvalue weighted by Crippen LogP contribution is -2.55. The molecule has 3 aliphatic heterocycles. The van der Waals surface area contributed by atoms with Gasteiger partial charge in [-0.3, -0.25) is 47.8 Å². The molecule has 496 valence electrons. The number of hydrogen-bond acceptors (Lipinski definition) is 18. The Morgan fingerprint density at radius 2 is 1.49 bits per heavy atom. The van der Waals surface area contributed by atoms with Gasteiger partial charge >= 0.3 is 6.03 Å². The number of ether oxygens (including phenoxy) is 3. The number of aryl methyl sites for hydroxylation is 1. The number of carbonyl (C=O) groups excluding carboxylic acids is 10. The summed E-state index contributed by atoms with van der Waals surface area (Å²) < 4.78 is 18.3. The molecule has 29 heteroatoms. The number of Topliss-reactive ketones (excluding diaryl/α,β-unsaturated/α-hetero) is 2. The van der Waals surface area contributed by atoms with E-state index >= 15 is 0 Å². The van der Waals surface area contributed by atoms with E-state index in [9.17, 15) is 53.1 Å². The van der Waals surface area contributed by atoms with Crippen LogP contribution in [0.1, 0.15) is 101 Å². The van der Waals surface area contributed by atoms with Gasteiger partial charge in [-0.05, 0) is 62.3 Å². The van der Waals surface area contributed by atoms with E-state index in [-0.39, 0.29) is 101 Å². The highest BCUT2D eigenvalue weighted by Crippen LogP contribution is 2.33. The van der Waals surface area contributed by atoms with E-state index in [1.165, 1.54) is 36.3 Å². The van der Waals surface area contributed by atoms with Gasteiger partial charge in [0.2, 0.25) is 41.4 Å². The Bertz CT molecular complexity index is 2990. The van der Waals surface area contributed by atoms with Crippen LogP contribution in [0.2, 0.25) is 0 Å². The number of carbonyl (C=O) groups is 10. The fraction of sp³-hybridized carbons (Fsp3) is 0.565. The summed E-state index contributed by atoms with van der Waals surface area (Å²) in [4.78, 5) is 141. The maximum atomic E-state index is 14.5. The van der Waals surface area contributed by atoms with Gasteiger partial charge in [-0.1, -0.05) is 74.4 Å². The molecule has 9 atom stereocenters. The summed E-state index contributed by atoms with van der Waals surface area (Å²) in [6.45, 7) is 5.88. The van der Waals surface area contributed by atoms with Crippen LogP contribution in [0.25, 0.3) is 0 Å². The molecule has 7 rings (SSSR count). The van der Waals surface area contributed by atoms with E-state index < -0.39 is 96.2 Å². The number of nitrogens with one attached hydrogen (secondary N) is 9. The molecule has 0 aliphatic carbocycles. The highest BCUT2D eigenvalue weighted by atomic mass is 32.2. The summed E-state index contributed by atoms with van der Waals surface area (Å²) in [5.74, 6) is -6.59. The second kappa shape index (κ2) is 38.4. The van der Waals surface area contributed by atoms with Crippen molar-refractivity contribution in [3.8, 4) is 5.75 Å². The van der Waals surface area contributed by atoms with Crippen molar-refractivity contribution >= 4 is 70.7 Å². The number of thioether (sulfide) groups is 1. The van der Waals surface area contributed by atoms with E-state index in [0.717, 1.165) is 25.0 Å². The molecule has 0 radical (unpaired) electrons. The van der Waals surface area contributed by atoms with Crippen LogP contribution in [0.5, 0.6) is 5.75 Å². The van der Waals surface area contributed by atoms with E-state index in [1.807, 2.05) is 25.6 Å². The van der Waals surface area contributed by atoms with Crippen molar-refractivity contribution in [1.82, 2.24) is 67.5 Å². The maximum absolute atomic E-state index is 14.5. The number of H-pyrrole nitrogens is 1. The largest absolute Gasteiger partial charge is 0.508 e. The number of benzene rings is 2. The third kappa shape index (κ3) is 25.1. The van der Waals surface area contributed by atoms with Crippen LogP contribution in [0.3, 0.4) is 0 Å². The lowest BCUT2D eigenvalue weighted by Gasteiger charge is -2.24. The number of phenols is 1. The van der Waals surface area contributed by atoms with Crippen molar-refractivity contribution in [2.75, 3.05) is 58.5 Å². The zero-order valence-electron chi connectivity index (χ0n) is 51.9. The Kier molecular flexibility index (Phi) is 30.3. The number of rotatable bonds is 24. The van der Waals surface area contributed by atoms with Gasteiger partial charge in [-0.2, -0.15) is 11.8 Å². The average molecular weight is 1290 g/mol. The molecule has 28 nitrogen and oxygen atoms in total. The van der Waals surface area contributed by atoms with Crippen LogP contribution in [0.15, 0.2) is 73.3 Å². The van der Waals surface area contributed by atoms with E-state index in [1.54, 1.807) is 48.7 Å². The Hall–Kier alpha value is -8.28. The molecule has 0 saturated carbocycles. The Labute approximate surface area is 533 Å². The second-order valence-electron chi connectivity index (χ2n) is 22.4. The third-order valence-electron chi connectivity index (χ3n) is 15.4. The molecule has 4 aromatic rings. The number of amides is 9. The molecule has 12 N–H and O–H groups in total. The monoisotopic (exact) mass is 1280 g/mol. The topological polar surface area (TPSA) is 400 Å². The predicted octanol–water partition coefficient (Wildman–Crippen LogP) is 0.791. The quantitative estimate of drug-likeness (QED) is 0.0341. The van der Waals surface area contributed by atoms with Crippen LogP contribution in [-0.2, 0) is 89.6 Å². The number of ketones is 2. The minimum atomic E-state index is -1.32. The summed E-state index contributed by atoms with van der Waals surface area (Å²) in [7, 11) is 0. The number of primary amides is 1. The number of aromatic amines is 1. The van der Waals surface area contributed by atoms with Gasteiger partial charge < -0.3 is 72.6 Å². The maximum Gasteiger partial charge on any atom is 0.315 e. The van der Waals surface area contributed by atoms with Crippen molar-refractivity contribution in [1.29, 1.82) is 0 Å². The molecule has 2 saturated heterocycles. The number of aromatic hydroxyl groups is 1. The number of imidazole rings is 1. The summed E-state index contributed by atoms with van der Waals surface area (Å²) >= 11 is 1.85. The van der Waals surface area contributed by atoms with E-state index in [2.05, 4.69) is 62.8 Å². The van der Waals surface area contributed by atoms with Crippen LogP contribution in [0.4, 0.5) is 4.79 Å². The number of aromatic nitrogens is 5. The van der Waals surface area contributed by atoms with Crippen LogP contribution < -0.4 is 48.3 Å². The number of nitrogens with two attached hydrogens (primary N) is 1. The van der Waals surface area contributed by atoms with Gasteiger partial charge in [0, 0.05) is 92.5 Å². The molecule has 0 spiro atoms. The first kappa shape index (κ1) is 71.8. The molecule has 9 amide bonds. The van der Waals surface area contributed by atoms with Crippen LogP contribution >= 0.6 is 11.8 Å². The van der Waals surface area contributed by atoms with Gasteiger partial charge in [0.1, 0.15) is 24.4 Å². The first-order chi connectivity index (χ1) is 44.0. The fourth-order valence-corrected chi connectivity index (χ4v) is 12.1. The molecule has 2 fully saturated rings. The number of hydrogen-bond donors (Lipinski definition) is 11. The van der Waals surface area contributed by atoms with Gasteiger partial charge in [0.05, 0.1) is 75.8 Å². The fourth-order valence-electron chi connectivity index (χ4n) is 10.6. The molecule has 5 heterocycles. The SMILES string of the molecule is CC.C[C@@H]1NC(=O)[C@H](Cc2ccccc2)CC(=O)[C@@H](NC(=O)COCCOCCOCCNC(=O)CCCC[C@H]2SC[C@H]3NC(=O)N[C@H]32)Cc2cn(nn2)CCCC[C@@H](C(N)=O)CC(=O)[C@H](Cc2cnc[nH]2)NC(=O)[C@H](Cc2ccc(O)cc2)NC(=O)CNC1=O. The predicted molar refractivity (Wildman–Crippen MR) is 334 cm³/mol. The second-order valence-corrected chi connectivity index (χ2v) is 23.7. The van der Waals surface area contributed by atoms with Crippen molar-refractivity contribution in [2.45, 2.75) is 152 Å². The number of unbranched alkanes of at least 4 members (excludes halogenated alkanes) is 1. The summed E-state index contributed by atoms with van der Waals surface area (Å²) in [5.41, 5.74) is 7.91. The van der Waals surface area contributed by atoms with Gasteiger partial charge in [0.25, 0.3) is 0 Å². The van der Waals surface area contributed by atoms with Crippen LogP contribution in [-0.4, -0.2) is 189 Å². The van der Waals surface area contributed by atoms with Crippen molar-refractivity contribution in [2.24, 2.45) is 17.6 Å². The molecule has 2 aromatic carbocycles. The highest BCUT2D eigenvalue weighted by Gasteiger charge is 2.42. The first-order valence-corrected chi connectivity index (χ1v) is 32.2. The van der Waals surface area contributed by atoms with Gasteiger partial charge in [-0.15, -0.1) is 5.10 Å². The summed E-state index contributed by atoms with van der Waals surface area (Å²) in [6.07, 6.45) is 7.62. The zero-order valence-corrected chi connectivity index (χ0v) is 52.7. The zero-order chi connectivity index (χ0) is 65.5. The number of phenolic OH excluding ortho intramolecular Hbond substituents is 1. The number of fused-ring (bicyclic) bond motifs is 3. The standard InChI is InChI=1S/C60H82N14O14S.C2H6/c1-37-57(82)64-32-53(79)68-47(26-39-14-16-44(75)17-15-39)59(84)69-46(29-42-31-62-36-65-42)49(76)27-40(56(61)81)11-7-8-19-74-33-43(72-73-74)30-45(50(77)28-41(58(83)66-37)25-38-9-3-2-4-10-38)67-54(80)34-88-24-23-87-22-21-86-20-18-63-52(78)13-6-5-12-51-55-48(35-89-51)70-60(85)71-55;1-2/h2-4,9-10,14-17,31,33,36-37,40-41,45-48,51,55,75H,5-8,11-13,18-30,32,34-35H2,1H3,(H2,61,81)(H,62,65)(H,63,78)(H,64,82)(H,66,83)(H,67,80)(H,68,79)(H,69,84)(H2,70,71,85);1-2H3/t37-,40+,41+,45-,46-,47-,48+,51+,55+;/m0./s1. The lowest BCUT2D eigenvalue weighted by molar-refractivity contribution is -0.135. The van der Waals surface area contributed by atoms with Crippen LogP contribution in [0, 0.1) is 11.8 Å². The first-order valence-electron chi connectivity index (χ1n) is 31.1. The molecule has 2 bridgehead atoms. The summed E-state index contributed by atoms with van der Waals surface area (Å²) in [6, 6.07) is 10.0. The smallest absolute Gasteiger partial charge is 0.315 e. The molecule has 0 unspecified atom stereocenters. The molecule has 2 aromatic heterocycles. The van der Waals surface area contributed by atoms with Gasteiger partial charge in [-0.25, -0.2) is 9.78 Å². The van der Waals surface area contributed by atoms with E-state index in [0.29, 0.717) is 66.7 Å². The molecular formula is C62H88N14O14S. The van der Waals surface area contributed by atoms with Crippen molar-refractivity contribution in [3.63, 3.8) is 0 Å².